The van der Waals surface area contributed by atoms with E-state index >= 15 is 0 Å². The number of carboxylic acids is 1. The van der Waals surface area contributed by atoms with Crippen LogP contribution < -0.4 is 4.72 Å². The molecule has 0 aliphatic heterocycles. The van der Waals surface area contributed by atoms with E-state index in [1.807, 2.05) is 13.8 Å². The van der Waals surface area contributed by atoms with E-state index in [1.54, 1.807) is 12.1 Å². The molecule has 21 heavy (non-hydrogen) atoms. The lowest BCUT2D eigenvalue weighted by Crippen LogP contribution is -2.34. The zero-order chi connectivity index (χ0) is 16.2. The average molecular weight is 399 g/mol. The number of hydrogen-bond acceptors (Lipinski definition) is 3. The minimum Gasteiger partial charge on any atom is -0.481 e. The Kier molecular flexibility index (Phi) is 6.65. The molecule has 0 aliphatic carbocycles. The van der Waals surface area contributed by atoms with Crippen molar-refractivity contribution >= 4 is 43.5 Å². The summed E-state index contributed by atoms with van der Waals surface area (Å²) in [6, 6.07) is 4.64. The fourth-order valence-electron chi connectivity index (χ4n) is 1.86. The molecule has 1 unspecified atom stereocenters. The van der Waals surface area contributed by atoms with Crippen LogP contribution in [-0.2, 0) is 14.8 Å². The van der Waals surface area contributed by atoms with Crippen LogP contribution in [0.3, 0.4) is 0 Å². The highest BCUT2D eigenvalue weighted by molar-refractivity contribution is 9.10. The molecular formula is C13H17BrClNO4S. The molecule has 0 amide bonds. The Bertz CT molecular complexity index is 598. The fourth-order valence-corrected chi connectivity index (χ4v) is 4.68. The van der Waals surface area contributed by atoms with Crippen LogP contribution in [0.25, 0.3) is 0 Å². The van der Waals surface area contributed by atoms with Gasteiger partial charge in [0.2, 0.25) is 10.0 Å². The molecular weight excluding hydrogens is 382 g/mol. The predicted octanol–water partition coefficient (Wildman–Crippen LogP) is 3.13. The van der Waals surface area contributed by atoms with Crippen molar-refractivity contribution in [3.63, 3.8) is 0 Å². The van der Waals surface area contributed by atoms with Crippen LogP contribution in [0.1, 0.15) is 20.3 Å². The molecule has 0 saturated heterocycles. The quantitative estimate of drug-likeness (QED) is 0.739. The van der Waals surface area contributed by atoms with Crippen molar-refractivity contribution in [3.8, 4) is 0 Å². The van der Waals surface area contributed by atoms with Gasteiger partial charge in [-0.1, -0.05) is 31.5 Å². The van der Waals surface area contributed by atoms with Crippen molar-refractivity contribution < 1.29 is 18.3 Å². The lowest BCUT2D eigenvalue weighted by atomic mass is 9.98. The fraction of sp³-hybridized carbons (Fsp3) is 0.462. The van der Waals surface area contributed by atoms with Gasteiger partial charge in [-0.25, -0.2) is 13.1 Å². The minimum atomic E-state index is -3.88. The lowest BCUT2D eigenvalue weighted by molar-refractivity contribution is -0.142. The van der Waals surface area contributed by atoms with Crippen molar-refractivity contribution in [2.45, 2.75) is 25.2 Å². The monoisotopic (exact) mass is 397 g/mol. The highest BCUT2D eigenvalue weighted by Crippen LogP contribution is 2.29. The van der Waals surface area contributed by atoms with Gasteiger partial charge in [0.25, 0.3) is 0 Å². The summed E-state index contributed by atoms with van der Waals surface area (Å²) in [5, 5.41) is 9.21. The summed E-state index contributed by atoms with van der Waals surface area (Å²) in [7, 11) is -3.88. The Morgan fingerprint density at radius 2 is 2.05 bits per heavy atom. The summed E-state index contributed by atoms with van der Waals surface area (Å²) in [5.41, 5.74) is 0. The molecule has 1 aromatic rings. The molecule has 0 heterocycles. The zero-order valence-corrected chi connectivity index (χ0v) is 14.8. The number of hydrogen-bond donors (Lipinski definition) is 2. The number of rotatable bonds is 7. The van der Waals surface area contributed by atoms with Crippen molar-refractivity contribution in [3.05, 3.63) is 27.7 Å². The summed E-state index contributed by atoms with van der Waals surface area (Å²) in [5.74, 6) is -1.65. The molecule has 0 spiro atoms. The van der Waals surface area contributed by atoms with Gasteiger partial charge in [-0.15, -0.1) is 0 Å². The van der Waals surface area contributed by atoms with Crippen LogP contribution in [0.2, 0.25) is 5.02 Å². The van der Waals surface area contributed by atoms with Crippen LogP contribution >= 0.6 is 27.5 Å². The number of carbonyl (C=O) groups is 1. The van der Waals surface area contributed by atoms with E-state index in [2.05, 4.69) is 20.7 Å². The minimum absolute atomic E-state index is 0.0765. The van der Waals surface area contributed by atoms with Crippen LogP contribution in [0.5, 0.6) is 0 Å². The van der Waals surface area contributed by atoms with E-state index < -0.39 is 21.9 Å². The highest BCUT2D eigenvalue weighted by Gasteiger charge is 2.25. The number of nitrogens with one attached hydrogen (secondary N) is 1. The first-order valence-corrected chi connectivity index (χ1v) is 8.97. The van der Waals surface area contributed by atoms with Gasteiger partial charge in [-0.2, -0.15) is 0 Å². The molecule has 0 saturated carbocycles. The van der Waals surface area contributed by atoms with Crippen molar-refractivity contribution in [2.24, 2.45) is 11.8 Å². The summed E-state index contributed by atoms with van der Waals surface area (Å²) in [6.07, 6.45) is 0.390. The first-order chi connectivity index (χ1) is 9.65. The van der Waals surface area contributed by atoms with E-state index in [1.165, 1.54) is 6.07 Å². The number of carboxylic acid groups (broad SMARTS) is 1. The molecule has 1 rings (SSSR count). The van der Waals surface area contributed by atoms with E-state index in [0.717, 1.165) is 0 Å². The summed E-state index contributed by atoms with van der Waals surface area (Å²) >= 11 is 9.05. The molecule has 5 nitrogen and oxygen atoms in total. The van der Waals surface area contributed by atoms with Gasteiger partial charge in [-0.3, -0.25) is 4.79 Å². The van der Waals surface area contributed by atoms with Crippen LogP contribution in [0.15, 0.2) is 27.6 Å². The van der Waals surface area contributed by atoms with Crippen LogP contribution in [0, 0.1) is 11.8 Å². The summed E-state index contributed by atoms with van der Waals surface area (Å²) in [6.45, 7) is 3.59. The largest absolute Gasteiger partial charge is 0.481 e. The van der Waals surface area contributed by atoms with Gasteiger partial charge in [0.15, 0.2) is 0 Å². The Morgan fingerprint density at radius 3 is 2.52 bits per heavy atom. The van der Waals surface area contributed by atoms with Crippen molar-refractivity contribution in [1.82, 2.24) is 4.72 Å². The molecule has 8 heteroatoms. The molecule has 1 atom stereocenters. The van der Waals surface area contributed by atoms with Crippen molar-refractivity contribution in [2.75, 3.05) is 6.54 Å². The average Bonchev–Trinajstić information content (AvgIpc) is 2.33. The molecule has 0 radical (unpaired) electrons. The SMILES string of the molecule is CC(C)CC(CNS(=O)(=O)c1c(Cl)cccc1Br)C(=O)O. The Morgan fingerprint density at radius 1 is 1.43 bits per heavy atom. The van der Waals surface area contributed by atoms with E-state index in [9.17, 15) is 13.2 Å². The van der Waals surface area contributed by atoms with E-state index in [-0.39, 0.29) is 22.4 Å². The molecule has 0 aliphatic rings. The molecule has 1 aromatic carbocycles. The highest BCUT2D eigenvalue weighted by atomic mass is 79.9. The first kappa shape index (κ1) is 18.4. The molecule has 0 bridgehead atoms. The normalized spacial score (nSPS) is 13.4. The van der Waals surface area contributed by atoms with E-state index in [4.69, 9.17) is 16.7 Å². The number of benzene rings is 1. The number of aliphatic carboxylic acids is 1. The van der Waals surface area contributed by atoms with Crippen LogP contribution in [0.4, 0.5) is 0 Å². The predicted molar refractivity (Wildman–Crippen MR) is 84.9 cm³/mol. The maximum Gasteiger partial charge on any atom is 0.307 e. The maximum absolute atomic E-state index is 12.3. The van der Waals surface area contributed by atoms with Gasteiger partial charge in [-0.05, 0) is 40.4 Å². The van der Waals surface area contributed by atoms with Crippen molar-refractivity contribution in [1.29, 1.82) is 0 Å². The maximum atomic E-state index is 12.3. The Balaban J connectivity index is 2.93. The third-order valence-electron chi connectivity index (χ3n) is 2.81. The first-order valence-electron chi connectivity index (χ1n) is 6.31. The third-order valence-corrected chi connectivity index (χ3v) is 5.69. The molecule has 118 valence electrons. The van der Waals surface area contributed by atoms with Gasteiger partial charge in [0.05, 0.1) is 10.9 Å². The van der Waals surface area contributed by atoms with Gasteiger partial charge >= 0.3 is 5.97 Å². The smallest absolute Gasteiger partial charge is 0.307 e. The van der Waals surface area contributed by atoms with Gasteiger partial charge in [0.1, 0.15) is 4.90 Å². The Labute approximate surface area is 137 Å². The molecule has 0 aromatic heterocycles. The summed E-state index contributed by atoms with van der Waals surface area (Å²) in [4.78, 5) is 11.1. The standard InChI is InChI=1S/C13H17BrClNO4S/c1-8(2)6-9(13(17)18)7-16-21(19,20)12-10(14)4-3-5-11(12)15/h3-5,8-9,16H,6-7H2,1-2H3,(H,17,18). The van der Waals surface area contributed by atoms with Gasteiger partial charge in [0, 0.05) is 11.0 Å². The zero-order valence-electron chi connectivity index (χ0n) is 11.6. The number of sulfonamides is 1. The second-order valence-electron chi connectivity index (χ2n) is 5.07. The Hall–Kier alpha value is -0.630. The number of halogens is 2. The second kappa shape index (κ2) is 7.58. The molecule has 2 N–H and O–H groups in total. The van der Waals surface area contributed by atoms with E-state index in [0.29, 0.717) is 10.9 Å². The molecule has 0 fully saturated rings. The van der Waals surface area contributed by atoms with Gasteiger partial charge < -0.3 is 5.11 Å². The summed E-state index contributed by atoms with van der Waals surface area (Å²) < 4.78 is 27.2. The topological polar surface area (TPSA) is 83.5 Å². The third kappa shape index (κ3) is 5.25. The van der Waals surface area contributed by atoms with Crippen LogP contribution in [-0.4, -0.2) is 26.0 Å². The lowest BCUT2D eigenvalue weighted by Gasteiger charge is -2.16. The second-order valence-corrected chi connectivity index (χ2v) is 8.03.